The predicted octanol–water partition coefficient (Wildman–Crippen LogP) is 1.51. The Hall–Kier alpha value is -0.800. The maximum absolute atomic E-state index is 5.51. The van der Waals surface area contributed by atoms with Crippen molar-refractivity contribution in [1.82, 2.24) is 5.32 Å². The van der Waals surface area contributed by atoms with Gasteiger partial charge in [-0.1, -0.05) is 0 Å². The highest BCUT2D eigenvalue weighted by Crippen LogP contribution is 2.10. The lowest BCUT2D eigenvalue weighted by atomic mass is 10.1. The van der Waals surface area contributed by atoms with Gasteiger partial charge in [-0.05, 0) is 25.5 Å². The summed E-state index contributed by atoms with van der Waals surface area (Å²) in [5.41, 5.74) is 0. The third-order valence-electron chi connectivity index (χ3n) is 2.53. The van der Waals surface area contributed by atoms with E-state index in [0.717, 1.165) is 44.1 Å². The first-order valence-electron chi connectivity index (χ1n) is 5.21. The topological polar surface area (TPSA) is 34.4 Å². The minimum absolute atomic E-state index is 0.495. The van der Waals surface area contributed by atoms with Gasteiger partial charge in [0.2, 0.25) is 0 Å². The fourth-order valence-corrected chi connectivity index (χ4v) is 1.74. The van der Waals surface area contributed by atoms with Gasteiger partial charge in [0.15, 0.2) is 0 Å². The highest BCUT2D eigenvalue weighted by Gasteiger charge is 2.13. The standard InChI is InChI=1S/C11H17NO2/c1-9-2-4-11(14-9)5-3-10-8-13-7-6-12-10/h2,4,10,12H,3,5-8H2,1H3. The molecule has 78 valence electrons. The molecule has 1 unspecified atom stereocenters. The molecule has 3 heteroatoms. The average Bonchev–Trinajstić information content (AvgIpc) is 2.63. The van der Waals surface area contributed by atoms with E-state index >= 15 is 0 Å². The first kappa shape index (κ1) is 9.74. The van der Waals surface area contributed by atoms with E-state index in [1.165, 1.54) is 0 Å². The molecule has 0 bridgehead atoms. The number of morpholine rings is 1. The molecule has 1 fully saturated rings. The summed E-state index contributed by atoms with van der Waals surface area (Å²) in [4.78, 5) is 0. The van der Waals surface area contributed by atoms with Gasteiger partial charge in [0.25, 0.3) is 0 Å². The van der Waals surface area contributed by atoms with Gasteiger partial charge < -0.3 is 14.5 Å². The van der Waals surface area contributed by atoms with E-state index in [2.05, 4.69) is 11.4 Å². The monoisotopic (exact) mass is 195 g/mol. The zero-order chi connectivity index (χ0) is 9.80. The molecule has 0 aliphatic carbocycles. The minimum atomic E-state index is 0.495. The van der Waals surface area contributed by atoms with E-state index in [4.69, 9.17) is 9.15 Å². The van der Waals surface area contributed by atoms with Crippen LogP contribution in [0.5, 0.6) is 0 Å². The molecule has 1 N–H and O–H groups in total. The van der Waals surface area contributed by atoms with E-state index in [-0.39, 0.29) is 0 Å². The summed E-state index contributed by atoms with van der Waals surface area (Å²) >= 11 is 0. The molecule has 2 heterocycles. The molecule has 0 saturated carbocycles. The smallest absolute Gasteiger partial charge is 0.104 e. The van der Waals surface area contributed by atoms with Crippen LogP contribution in [0, 0.1) is 6.92 Å². The first-order valence-corrected chi connectivity index (χ1v) is 5.21. The number of furan rings is 1. The van der Waals surface area contributed by atoms with Crippen LogP contribution in [0.4, 0.5) is 0 Å². The second kappa shape index (κ2) is 4.62. The van der Waals surface area contributed by atoms with Gasteiger partial charge in [0.1, 0.15) is 11.5 Å². The summed E-state index contributed by atoms with van der Waals surface area (Å²) in [6.07, 6.45) is 2.09. The number of aryl methyl sites for hydroxylation is 2. The summed E-state index contributed by atoms with van der Waals surface area (Å²) in [5.74, 6) is 2.07. The van der Waals surface area contributed by atoms with Crippen molar-refractivity contribution in [3.63, 3.8) is 0 Å². The fraction of sp³-hybridized carbons (Fsp3) is 0.636. The van der Waals surface area contributed by atoms with Crippen molar-refractivity contribution in [2.24, 2.45) is 0 Å². The molecule has 0 radical (unpaired) electrons. The van der Waals surface area contributed by atoms with E-state index in [0.29, 0.717) is 6.04 Å². The molecule has 1 aromatic rings. The predicted molar refractivity (Wildman–Crippen MR) is 54.4 cm³/mol. The lowest BCUT2D eigenvalue weighted by Crippen LogP contribution is -2.41. The number of hydrogen-bond donors (Lipinski definition) is 1. The zero-order valence-corrected chi connectivity index (χ0v) is 8.58. The second-order valence-electron chi connectivity index (χ2n) is 3.78. The SMILES string of the molecule is Cc1ccc(CCC2COCCN2)o1. The zero-order valence-electron chi connectivity index (χ0n) is 8.58. The van der Waals surface area contributed by atoms with Crippen molar-refractivity contribution in [2.75, 3.05) is 19.8 Å². The molecule has 1 aliphatic rings. The Kier molecular flexibility index (Phi) is 3.22. The summed E-state index contributed by atoms with van der Waals surface area (Å²) < 4.78 is 10.9. The Morgan fingerprint density at radius 3 is 3.07 bits per heavy atom. The van der Waals surface area contributed by atoms with Crippen LogP contribution in [0.15, 0.2) is 16.5 Å². The largest absolute Gasteiger partial charge is 0.466 e. The lowest BCUT2D eigenvalue weighted by Gasteiger charge is -2.23. The second-order valence-corrected chi connectivity index (χ2v) is 3.78. The number of rotatable bonds is 3. The molecule has 1 saturated heterocycles. The maximum atomic E-state index is 5.51. The quantitative estimate of drug-likeness (QED) is 0.794. The third kappa shape index (κ3) is 2.59. The van der Waals surface area contributed by atoms with Crippen LogP contribution in [0.3, 0.4) is 0 Å². The Morgan fingerprint density at radius 1 is 1.50 bits per heavy atom. The summed E-state index contributed by atoms with van der Waals surface area (Å²) in [5, 5.41) is 3.43. The van der Waals surface area contributed by atoms with Crippen LogP contribution >= 0.6 is 0 Å². The van der Waals surface area contributed by atoms with Crippen LogP contribution in [0.25, 0.3) is 0 Å². The molecule has 1 aliphatic heterocycles. The van der Waals surface area contributed by atoms with Crippen LogP contribution in [-0.4, -0.2) is 25.8 Å². The molecule has 0 spiro atoms. The molecule has 1 atom stereocenters. The van der Waals surface area contributed by atoms with Gasteiger partial charge in [-0.2, -0.15) is 0 Å². The van der Waals surface area contributed by atoms with Crippen molar-refractivity contribution in [3.05, 3.63) is 23.7 Å². The Bertz CT molecular complexity index is 277. The molecule has 0 amide bonds. The van der Waals surface area contributed by atoms with Crippen LogP contribution in [0.1, 0.15) is 17.9 Å². The van der Waals surface area contributed by atoms with Crippen molar-refractivity contribution in [3.8, 4) is 0 Å². The van der Waals surface area contributed by atoms with Gasteiger partial charge in [0, 0.05) is 19.0 Å². The van der Waals surface area contributed by atoms with Gasteiger partial charge in [-0.3, -0.25) is 0 Å². The van der Waals surface area contributed by atoms with Gasteiger partial charge in [-0.25, -0.2) is 0 Å². The van der Waals surface area contributed by atoms with Crippen LogP contribution < -0.4 is 5.32 Å². The van der Waals surface area contributed by atoms with E-state index in [1.807, 2.05) is 13.0 Å². The van der Waals surface area contributed by atoms with Crippen molar-refractivity contribution >= 4 is 0 Å². The van der Waals surface area contributed by atoms with E-state index in [1.54, 1.807) is 0 Å². The summed E-state index contributed by atoms with van der Waals surface area (Å²) in [6.45, 7) is 4.63. The molecular formula is C11H17NO2. The van der Waals surface area contributed by atoms with E-state index in [9.17, 15) is 0 Å². The average molecular weight is 195 g/mol. The highest BCUT2D eigenvalue weighted by molar-refractivity contribution is 5.05. The summed E-state index contributed by atoms with van der Waals surface area (Å²) in [7, 11) is 0. The van der Waals surface area contributed by atoms with Crippen molar-refractivity contribution in [2.45, 2.75) is 25.8 Å². The maximum Gasteiger partial charge on any atom is 0.104 e. The Morgan fingerprint density at radius 2 is 2.43 bits per heavy atom. The molecular weight excluding hydrogens is 178 g/mol. The van der Waals surface area contributed by atoms with Crippen LogP contribution in [0.2, 0.25) is 0 Å². The molecule has 1 aromatic heterocycles. The van der Waals surface area contributed by atoms with Crippen LogP contribution in [-0.2, 0) is 11.2 Å². The summed E-state index contributed by atoms with van der Waals surface area (Å²) in [6, 6.07) is 4.56. The van der Waals surface area contributed by atoms with Gasteiger partial charge in [0.05, 0.1) is 13.2 Å². The fourth-order valence-electron chi connectivity index (χ4n) is 1.74. The Balaban J connectivity index is 1.76. The molecule has 0 aromatic carbocycles. The van der Waals surface area contributed by atoms with E-state index < -0.39 is 0 Å². The van der Waals surface area contributed by atoms with Crippen molar-refractivity contribution in [1.29, 1.82) is 0 Å². The Labute approximate surface area is 84.4 Å². The lowest BCUT2D eigenvalue weighted by molar-refractivity contribution is 0.0739. The molecule has 2 rings (SSSR count). The van der Waals surface area contributed by atoms with Gasteiger partial charge in [-0.15, -0.1) is 0 Å². The normalized spacial score (nSPS) is 22.5. The molecule has 14 heavy (non-hydrogen) atoms. The minimum Gasteiger partial charge on any atom is -0.466 e. The number of ether oxygens (including phenoxy) is 1. The number of hydrogen-bond acceptors (Lipinski definition) is 3. The number of nitrogens with one attached hydrogen (secondary N) is 1. The van der Waals surface area contributed by atoms with Crippen molar-refractivity contribution < 1.29 is 9.15 Å². The highest BCUT2D eigenvalue weighted by atomic mass is 16.5. The first-order chi connectivity index (χ1) is 6.84. The van der Waals surface area contributed by atoms with Gasteiger partial charge >= 0.3 is 0 Å². The third-order valence-corrected chi connectivity index (χ3v) is 2.53. The molecule has 3 nitrogen and oxygen atoms in total.